The summed E-state index contributed by atoms with van der Waals surface area (Å²) in [5.41, 5.74) is 7.56. The van der Waals surface area contributed by atoms with Crippen LogP contribution in [-0.4, -0.2) is 78.9 Å². The van der Waals surface area contributed by atoms with Crippen LogP contribution in [0.25, 0.3) is 0 Å². The third kappa shape index (κ3) is 17.6. The Bertz CT molecular complexity index is 1320. The molecule has 53 heavy (non-hydrogen) atoms. The lowest BCUT2D eigenvalue weighted by atomic mass is 9.94. The summed E-state index contributed by atoms with van der Waals surface area (Å²) >= 11 is 0. The monoisotopic (exact) mass is 745 g/mol. The molecule has 0 heterocycles. The molecule has 0 spiro atoms. The van der Waals surface area contributed by atoms with Crippen molar-refractivity contribution in [3.05, 3.63) is 35.9 Å². The van der Waals surface area contributed by atoms with Gasteiger partial charge >= 0.3 is 5.97 Å². The molecule has 0 radical (unpaired) electrons. The van der Waals surface area contributed by atoms with Crippen molar-refractivity contribution in [1.29, 1.82) is 0 Å². The summed E-state index contributed by atoms with van der Waals surface area (Å²) < 4.78 is 4.86. The first-order chi connectivity index (χ1) is 24.8. The Kier molecular flexibility index (Phi) is 21.0. The maximum atomic E-state index is 14.0. The first kappa shape index (κ1) is 47.0. The zero-order valence-electron chi connectivity index (χ0n) is 33.9. The Hall–Kier alpha value is -4.00. The first-order valence-corrected chi connectivity index (χ1v) is 19.2. The molecule has 1 rings (SSSR count). The van der Waals surface area contributed by atoms with Crippen molar-refractivity contribution >= 4 is 35.5 Å². The molecule has 0 fully saturated rings. The Morgan fingerprint density at radius 1 is 0.642 bits per heavy atom. The highest BCUT2D eigenvalue weighted by Gasteiger charge is 2.34. The molecule has 5 amide bonds. The fraction of sp³-hybridized carbons (Fsp3) is 0.700. The van der Waals surface area contributed by atoms with E-state index < -0.39 is 65.8 Å². The molecule has 0 saturated carbocycles. The molecule has 0 aliphatic rings. The molecule has 0 saturated heterocycles. The molecule has 1 aromatic rings. The Morgan fingerprint density at radius 2 is 1.17 bits per heavy atom. The predicted octanol–water partition coefficient (Wildman–Crippen LogP) is 3.38. The highest BCUT2D eigenvalue weighted by atomic mass is 16.5. The lowest BCUT2D eigenvalue weighted by molar-refractivity contribution is -0.147. The van der Waals surface area contributed by atoms with E-state index in [9.17, 15) is 28.8 Å². The average molecular weight is 745 g/mol. The summed E-state index contributed by atoms with van der Waals surface area (Å²) in [5, 5.41) is 14.3. The van der Waals surface area contributed by atoms with Gasteiger partial charge in [0.1, 0.15) is 24.2 Å². The van der Waals surface area contributed by atoms with Gasteiger partial charge in [0.25, 0.3) is 0 Å². The lowest BCUT2D eigenvalue weighted by Gasteiger charge is -2.30. The molecule has 300 valence electrons. The van der Waals surface area contributed by atoms with E-state index >= 15 is 0 Å². The molecular weight excluding hydrogens is 676 g/mol. The third-order valence-corrected chi connectivity index (χ3v) is 9.09. The number of benzene rings is 1. The molecule has 0 unspecified atom stereocenters. The van der Waals surface area contributed by atoms with Gasteiger partial charge < -0.3 is 37.1 Å². The number of hydrogen-bond acceptors (Lipinski definition) is 8. The number of amides is 5. The smallest absolute Gasteiger partial charge is 0.328 e. The number of rotatable bonds is 23. The summed E-state index contributed by atoms with van der Waals surface area (Å²) in [6.07, 6.45) is 1.66. The molecule has 0 aliphatic carbocycles. The maximum Gasteiger partial charge on any atom is 0.328 e. The Morgan fingerprint density at radius 3 is 1.66 bits per heavy atom. The summed E-state index contributed by atoms with van der Waals surface area (Å²) in [7, 11) is 1.25. The van der Waals surface area contributed by atoms with Crippen molar-refractivity contribution in [3.8, 4) is 0 Å². The minimum Gasteiger partial charge on any atom is -0.467 e. The largest absolute Gasteiger partial charge is 0.467 e. The van der Waals surface area contributed by atoms with Gasteiger partial charge in [-0.05, 0) is 54.4 Å². The van der Waals surface area contributed by atoms with Crippen LogP contribution in [0.4, 0.5) is 0 Å². The summed E-state index contributed by atoms with van der Waals surface area (Å²) in [4.78, 5) is 79.5. The molecule has 0 aromatic heterocycles. The number of nitrogens with two attached hydrogens (primary N) is 1. The number of ether oxygens (including phenoxy) is 1. The molecule has 0 aliphatic heterocycles. The van der Waals surface area contributed by atoms with Crippen LogP contribution in [0.3, 0.4) is 0 Å². The first-order valence-electron chi connectivity index (χ1n) is 19.2. The maximum absolute atomic E-state index is 14.0. The molecule has 13 heteroatoms. The van der Waals surface area contributed by atoms with Crippen LogP contribution in [0.5, 0.6) is 0 Å². The van der Waals surface area contributed by atoms with E-state index in [0.717, 1.165) is 5.56 Å². The van der Waals surface area contributed by atoms with E-state index in [4.69, 9.17) is 10.5 Å². The van der Waals surface area contributed by atoms with E-state index in [2.05, 4.69) is 26.6 Å². The van der Waals surface area contributed by atoms with Gasteiger partial charge in [-0.25, -0.2) is 4.79 Å². The zero-order valence-corrected chi connectivity index (χ0v) is 33.9. The van der Waals surface area contributed by atoms with Crippen molar-refractivity contribution < 1.29 is 33.5 Å². The molecule has 1 aromatic carbocycles. The van der Waals surface area contributed by atoms with E-state index in [1.165, 1.54) is 7.11 Å². The Labute approximate surface area is 317 Å². The molecular formula is C40H68N6O7. The van der Waals surface area contributed by atoms with Gasteiger partial charge in [-0.1, -0.05) is 106 Å². The van der Waals surface area contributed by atoms with E-state index in [1.807, 2.05) is 85.7 Å². The number of methoxy groups -OCH3 is 1. The SMILES string of the molecule is CC[C@H](C)[C@H](NC(=O)C[C@H](N)[C@H](Cc1ccccc1)NC(=O)[C@H](CC(C)C)NC(=O)[C@H](CC(C)C)NC(=O)CC(C)C)C(=O)N[C@H](C(=O)OC)C(C)C. The van der Waals surface area contributed by atoms with Crippen LogP contribution in [0.15, 0.2) is 30.3 Å². The molecule has 7 N–H and O–H groups in total. The second-order valence-electron chi connectivity index (χ2n) is 15.9. The van der Waals surface area contributed by atoms with Crippen LogP contribution >= 0.6 is 0 Å². The van der Waals surface area contributed by atoms with Crippen molar-refractivity contribution in [3.63, 3.8) is 0 Å². The Balaban J connectivity index is 3.29. The third-order valence-electron chi connectivity index (χ3n) is 9.09. The summed E-state index contributed by atoms with van der Waals surface area (Å²) in [6, 6.07) is 4.22. The highest BCUT2D eigenvalue weighted by molar-refractivity contribution is 5.93. The topological polar surface area (TPSA) is 198 Å². The second-order valence-corrected chi connectivity index (χ2v) is 15.9. The number of esters is 1. The van der Waals surface area contributed by atoms with Crippen molar-refractivity contribution in [2.75, 3.05) is 7.11 Å². The molecule has 13 nitrogen and oxygen atoms in total. The minimum absolute atomic E-state index is 0.0373. The molecule has 0 bridgehead atoms. The van der Waals surface area contributed by atoms with E-state index in [-0.39, 0.29) is 48.3 Å². The highest BCUT2D eigenvalue weighted by Crippen LogP contribution is 2.15. The van der Waals surface area contributed by atoms with Gasteiger partial charge in [0, 0.05) is 24.9 Å². The number of hydrogen-bond donors (Lipinski definition) is 6. The van der Waals surface area contributed by atoms with Crippen LogP contribution in [0, 0.1) is 29.6 Å². The second kappa shape index (κ2) is 23.6. The average Bonchev–Trinajstić information content (AvgIpc) is 3.07. The van der Waals surface area contributed by atoms with Crippen LogP contribution < -0.4 is 32.3 Å². The van der Waals surface area contributed by atoms with Crippen LogP contribution in [0.1, 0.15) is 107 Å². The van der Waals surface area contributed by atoms with E-state index in [0.29, 0.717) is 25.7 Å². The summed E-state index contributed by atoms with van der Waals surface area (Å²) in [6.45, 7) is 19.0. The van der Waals surface area contributed by atoms with Crippen LogP contribution in [0.2, 0.25) is 0 Å². The molecule has 7 atom stereocenters. The quantitative estimate of drug-likeness (QED) is 0.0917. The van der Waals surface area contributed by atoms with Crippen LogP contribution in [-0.2, 0) is 39.9 Å². The van der Waals surface area contributed by atoms with Gasteiger partial charge in [-0.3, -0.25) is 24.0 Å². The van der Waals surface area contributed by atoms with Gasteiger partial charge in [0.2, 0.25) is 29.5 Å². The fourth-order valence-electron chi connectivity index (χ4n) is 5.92. The number of carbonyl (C=O) groups is 6. The van der Waals surface area contributed by atoms with Gasteiger partial charge in [-0.15, -0.1) is 0 Å². The van der Waals surface area contributed by atoms with Gasteiger partial charge in [0.15, 0.2) is 0 Å². The van der Waals surface area contributed by atoms with Crippen molar-refractivity contribution in [2.24, 2.45) is 35.3 Å². The summed E-state index contributed by atoms with van der Waals surface area (Å²) in [5.74, 6) is -2.97. The standard InChI is InChI=1S/C40H68N6O7/c1-12-27(10)36(39(51)46-35(26(8)9)40(52)53-11)45-34(48)22-29(41)30(21-28-16-14-13-15-17-28)43-38(50)32(19-24(4)5)44-37(49)31(18-23(2)3)42-33(47)20-25(6)7/h13-17,23-27,29-32,35-36H,12,18-22,41H2,1-11H3,(H,42,47)(H,43,50)(H,44,49)(H,45,48)(H,46,51)/t27-,29-,30-,31-,32-,35-,36-/m0/s1. The number of nitrogens with one attached hydrogen (secondary N) is 5. The van der Waals surface area contributed by atoms with Crippen molar-refractivity contribution in [1.82, 2.24) is 26.6 Å². The fourth-order valence-corrected chi connectivity index (χ4v) is 5.92. The normalized spacial score (nSPS) is 15.5. The zero-order chi connectivity index (χ0) is 40.4. The van der Waals surface area contributed by atoms with Crippen molar-refractivity contribution in [2.45, 2.75) is 144 Å². The lowest BCUT2D eigenvalue weighted by Crippen LogP contribution is -2.59. The minimum atomic E-state index is -0.946. The predicted molar refractivity (Wildman–Crippen MR) is 207 cm³/mol. The van der Waals surface area contributed by atoms with Gasteiger partial charge in [-0.2, -0.15) is 0 Å². The number of carbonyl (C=O) groups excluding carboxylic acids is 6. The van der Waals surface area contributed by atoms with E-state index in [1.54, 1.807) is 13.8 Å². The van der Waals surface area contributed by atoms with Gasteiger partial charge in [0.05, 0.1) is 7.11 Å².